The van der Waals surface area contributed by atoms with E-state index in [1.165, 1.54) is 7.11 Å². The fraction of sp³-hybridized carbons (Fsp3) is 0.385. The van der Waals surface area contributed by atoms with Crippen LogP contribution in [-0.4, -0.2) is 26.0 Å². The number of alkyl halides is 3. The highest BCUT2D eigenvalue weighted by Gasteiger charge is 2.32. The number of rotatable bonds is 5. The van der Waals surface area contributed by atoms with Crippen molar-refractivity contribution in [3.63, 3.8) is 0 Å². The number of Topliss-reactive ketones (excluding diaryl/α,β-unsaturated/α-hetero) is 1. The molecule has 110 valence electrons. The van der Waals surface area contributed by atoms with Gasteiger partial charge in [0.25, 0.3) is 0 Å². The number of hydrogen-bond acceptors (Lipinski definition) is 4. The first-order valence-corrected chi connectivity index (χ1v) is 5.65. The van der Waals surface area contributed by atoms with Crippen LogP contribution in [0.4, 0.5) is 13.2 Å². The van der Waals surface area contributed by atoms with E-state index in [0.29, 0.717) is 0 Å². The van der Waals surface area contributed by atoms with Gasteiger partial charge in [-0.2, -0.15) is 13.2 Å². The summed E-state index contributed by atoms with van der Waals surface area (Å²) in [7, 11) is 2.41. The van der Waals surface area contributed by atoms with E-state index in [9.17, 15) is 22.8 Å². The summed E-state index contributed by atoms with van der Waals surface area (Å²) in [5.74, 6) is -1.18. The molecule has 0 N–H and O–H groups in total. The first-order chi connectivity index (χ1) is 9.29. The molecule has 0 aliphatic carbocycles. The van der Waals surface area contributed by atoms with Crippen molar-refractivity contribution in [2.24, 2.45) is 0 Å². The smallest absolute Gasteiger partial charge is 0.416 e. The molecule has 1 aromatic carbocycles. The fourth-order valence-electron chi connectivity index (χ4n) is 1.55. The van der Waals surface area contributed by atoms with E-state index in [4.69, 9.17) is 4.74 Å². The van der Waals surface area contributed by atoms with Gasteiger partial charge in [-0.15, -0.1) is 0 Å². The van der Waals surface area contributed by atoms with Gasteiger partial charge in [0.1, 0.15) is 5.75 Å². The lowest BCUT2D eigenvalue weighted by molar-refractivity contribution is -0.140. The monoisotopic (exact) mass is 290 g/mol. The van der Waals surface area contributed by atoms with Crippen LogP contribution >= 0.6 is 0 Å². The molecule has 0 aliphatic rings. The fourth-order valence-corrected chi connectivity index (χ4v) is 1.55. The number of benzene rings is 1. The summed E-state index contributed by atoms with van der Waals surface area (Å²) in [5.41, 5.74) is -1.15. The summed E-state index contributed by atoms with van der Waals surface area (Å²) in [6.07, 6.45) is -5.00. The number of ketones is 1. The lowest BCUT2D eigenvalue weighted by atomic mass is 10.0. The first kappa shape index (κ1) is 16.0. The SMILES string of the molecule is COC(=O)CCC(=O)c1cc(C(F)(F)F)ccc1OC. The van der Waals surface area contributed by atoms with E-state index in [2.05, 4.69) is 4.74 Å². The van der Waals surface area contributed by atoms with Crippen LogP contribution in [0.25, 0.3) is 0 Å². The molecule has 20 heavy (non-hydrogen) atoms. The number of halogens is 3. The average Bonchev–Trinajstić information content (AvgIpc) is 2.42. The highest BCUT2D eigenvalue weighted by Crippen LogP contribution is 2.33. The number of esters is 1. The molecule has 0 amide bonds. The Hall–Kier alpha value is -2.05. The zero-order valence-electron chi connectivity index (χ0n) is 10.9. The quantitative estimate of drug-likeness (QED) is 0.618. The Kier molecular flexibility index (Phi) is 5.12. The minimum atomic E-state index is -4.55. The van der Waals surface area contributed by atoms with Gasteiger partial charge in [0.2, 0.25) is 0 Å². The molecule has 0 atom stereocenters. The van der Waals surface area contributed by atoms with Crippen molar-refractivity contribution < 1.29 is 32.2 Å². The second-order valence-corrected chi connectivity index (χ2v) is 3.91. The Morgan fingerprint density at radius 3 is 2.30 bits per heavy atom. The Bertz CT molecular complexity index is 509. The molecule has 0 bridgehead atoms. The van der Waals surface area contributed by atoms with E-state index in [1.807, 2.05) is 0 Å². The number of hydrogen-bond donors (Lipinski definition) is 0. The van der Waals surface area contributed by atoms with Crippen molar-refractivity contribution in [3.05, 3.63) is 29.3 Å². The Labute approximate surface area is 113 Å². The molecule has 1 rings (SSSR count). The minimum absolute atomic E-state index is 0.0351. The Morgan fingerprint density at radius 1 is 1.15 bits per heavy atom. The second-order valence-electron chi connectivity index (χ2n) is 3.91. The van der Waals surface area contributed by atoms with Crippen LogP contribution in [0, 0.1) is 0 Å². The summed E-state index contributed by atoms with van der Waals surface area (Å²) in [5, 5.41) is 0. The lowest BCUT2D eigenvalue weighted by Crippen LogP contribution is -2.10. The standard InChI is InChI=1S/C13H13F3O4/c1-19-11-5-3-8(13(14,15)16)7-9(11)10(17)4-6-12(18)20-2/h3,5,7H,4,6H2,1-2H3. The van der Waals surface area contributed by atoms with Crippen molar-refractivity contribution in [3.8, 4) is 5.75 Å². The summed E-state index contributed by atoms with van der Waals surface area (Å²) >= 11 is 0. The minimum Gasteiger partial charge on any atom is -0.496 e. The molecular weight excluding hydrogens is 277 g/mol. The van der Waals surface area contributed by atoms with Crippen LogP contribution in [-0.2, 0) is 15.7 Å². The van der Waals surface area contributed by atoms with Crippen molar-refractivity contribution in [1.29, 1.82) is 0 Å². The van der Waals surface area contributed by atoms with Crippen LogP contribution in [0.5, 0.6) is 5.75 Å². The maximum absolute atomic E-state index is 12.6. The third-order valence-electron chi connectivity index (χ3n) is 2.61. The molecule has 0 aromatic heterocycles. The average molecular weight is 290 g/mol. The third-order valence-corrected chi connectivity index (χ3v) is 2.61. The molecular formula is C13H13F3O4. The van der Waals surface area contributed by atoms with Crippen molar-refractivity contribution in [2.75, 3.05) is 14.2 Å². The van der Waals surface area contributed by atoms with E-state index in [0.717, 1.165) is 25.3 Å². The molecule has 4 nitrogen and oxygen atoms in total. The number of methoxy groups -OCH3 is 2. The normalized spacial score (nSPS) is 11.1. The predicted molar refractivity (Wildman–Crippen MR) is 63.6 cm³/mol. The molecule has 0 heterocycles. The van der Waals surface area contributed by atoms with Crippen LogP contribution < -0.4 is 4.74 Å². The highest BCUT2D eigenvalue weighted by atomic mass is 19.4. The molecule has 0 saturated heterocycles. The van der Waals surface area contributed by atoms with Crippen LogP contribution in [0.3, 0.4) is 0 Å². The molecule has 0 fully saturated rings. The van der Waals surface area contributed by atoms with Crippen molar-refractivity contribution in [2.45, 2.75) is 19.0 Å². The van der Waals surface area contributed by atoms with Gasteiger partial charge >= 0.3 is 12.1 Å². The van der Waals surface area contributed by atoms with Gasteiger partial charge < -0.3 is 9.47 Å². The second kappa shape index (κ2) is 6.40. The molecule has 0 aliphatic heterocycles. The number of carbonyl (C=O) groups excluding carboxylic acids is 2. The zero-order chi connectivity index (χ0) is 15.3. The Morgan fingerprint density at radius 2 is 1.80 bits per heavy atom. The summed E-state index contributed by atoms with van der Waals surface area (Å²) in [6, 6.07) is 2.63. The Balaban J connectivity index is 3.02. The van der Waals surface area contributed by atoms with E-state index >= 15 is 0 Å². The van der Waals surface area contributed by atoms with Gasteiger partial charge in [-0.05, 0) is 18.2 Å². The predicted octanol–water partition coefficient (Wildman–Crippen LogP) is 2.85. The van der Waals surface area contributed by atoms with E-state index in [-0.39, 0.29) is 24.2 Å². The van der Waals surface area contributed by atoms with E-state index < -0.39 is 23.5 Å². The molecule has 0 saturated carbocycles. The number of carbonyl (C=O) groups is 2. The van der Waals surface area contributed by atoms with Crippen LogP contribution in [0.2, 0.25) is 0 Å². The van der Waals surface area contributed by atoms with Crippen molar-refractivity contribution >= 4 is 11.8 Å². The molecule has 0 unspecified atom stereocenters. The van der Waals surface area contributed by atoms with Gasteiger partial charge in [-0.25, -0.2) is 0 Å². The van der Waals surface area contributed by atoms with Gasteiger partial charge in [0.05, 0.1) is 31.8 Å². The zero-order valence-corrected chi connectivity index (χ0v) is 10.9. The van der Waals surface area contributed by atoms with E-state index in [1.54, 1.807) is 0 Å². The molecule has 1 aromatic rings. The lowest BCUT2D eigenvalue weighted by Gasteiger charge is -2.12. The van der Waals surface area contributed by atoms with Crippen LogP contribution in [0.15, 0.2) is 18.2 Å². The molecule has 0 spiro atoms. The number of ether oxygens (including phenoxy) is 2. The van der Waals surface area contributed by atoms with Gasteiger partial charge in [-0.3, -0.25) is 9.59 Å². The maximum Gasteiger partial charge on any atom is 0.416 e. The van der Waals surface area contributed by atoms with Gasteiger partial charge in [0.15, 0.2) is 5.78 Å². The largest absolute Gasteiger partial charge is 0.496 e. The van der Waals surface area contributed by atoms with Crippen molar-refractivity contribution in [1.82, 2.24) is 0 Å². The van der Waals surface area contributed by atoms with Gasteiger partial charge in [-0.1, -0.05) is 0 Å². The summed E-state index contributed by atoms with van der Waals surface area (Å²) in [4.78, 5) is 22.8. The summed E-state index contributed by atoms with van der Waals surface area (Å²) < 4.78 is 47.1. The third kappa shape index (κ3) is 3.97. The maximum atomic E-state index is 12.6. The first-order valence-electron chi connectivity index (χ1n) is 5.65. The van der Waals surface area contributed by atoms with Gasteiger partial charge in [0, 0.05) is 6.42 Å². The van der Waals surface area contributed by atoms with Crippen LogP contribution in [0.1, 0.15) is 28.8 Å². The highest BCUT2D eigenvalue weighted by molar-refractivity contribution is 6.00. The topological polar surface area (TPSA) is 52.6 Å². The summed E-state index contributed by atoms with van der Waals surface area (Å²) in [6.45, 7) is 0. The molecule has 7 heteroatoms. The molecule has 0 radical (unpaired) electrons.